The molecule has 2 atom stereocenters. The van der Waals surface area contributed by atoms with Gasteiger partial charge in [-0.25, -0.2) is 0 Å². The number of amides is 1. The van der Waals surface area contributed by atoms with Gasteiger partial charge in [-0.3, -0.25) is 10.2 Å². The molecule has 1 aliphatic heterocycles. The number of carbonyl (C=O) groups excluding carboxylic acids is 2. The van der Waals surface area contributed by atoms with Crippen LogP contribution in [-0.2, 0) is 9.59 Å². The van der Waals surface area contributed by atoms with Crippen LogP contribution in [0.3, 0.4) is 0 Å². The molecule has 2 N–H and O–H groups in total. The monoisotopic (exact) mass is 356 g/mol. The minimum absolute atomic E-state index is 0.300. The summed E-state index contributed by atoms with van der Waals surface area (Å²) in [7, 11) is 0. The second-order valence-electron chi connectivity index (χ2n) is 4.03. The number of hydrazone groups is 1. The minimum Gasteiger partial charge on any atom is -0.550 e. The maximum Gasteiger partial charge on any atom is 0.235 e. The molecule has 1 fully saturated rings. The topological polar surface area (TPSA) is 93.6 Å². The molecule has 6 nitrogen and oxygen atoms in total. The first-order chi connectivity index (χ1) is 9.54. The standard InChI is InChI=1S/C12H12BrN3O3S/c13-8-3-1-7(2-4-8)6-14-16-12-15-11(19)9(20-12)5-10(17)18/h1-4,6,9,12,16H,5H2,(H,15,19)(H,17,18)/p-1. The molecular weight excluding hydrogens is 346 g/mol. The van der Waals surface area contributed by atoms with Gasteiger partial charge in [-0.05, 0) is 17.7 Å². The predicted octanol–water partition coefficient (Wildman–Crippen LogP) is 0.0278. The van der Waals surface area contributed by atoms with Gasteiger partial charge in [0.25, 0.3) is 0 Å². The van der Waals surface area contributed by atoms with Gasteiger partial charge in [-0.15, -0.1) is 11.8 Å². The third kappa shape index (κ3) is 4.24. The highest BCUT2D eigenvalue weighted by Gasteiger charge is 2.32. The summed E-state index contributed by atoms with van der Waals surface area (Å²) in [6, 6.07) is 7.55. The van der Waals surface area contributed by atoms with Crippen molar-refractivity contribution in [2.75, 3.05) is 0 Å². The molecule has 0 spiro atoms. The zero-order valence-corrected chi connectivity index (χ0v) is 12.6. The Morgan fingerprint density at radius 2 is 2.20 bits per heavy atom. The molecule has 20 heavy (non-hydrogen) atoms. The molecule has 2 rings (SSSR count). The fourth-order valence-corrected chi connectivity index (χ4v) is 2.89. The van der Waals surface area contributed by atoms with Crippen molar-refractivity contribution in [3.8, 4) is 0 Å². The van der Waals surface area contributed by atoms with Crippen molar-refractivity contribution in [2.24, 2.45) is 5.10 Å². The Labute approximate surface area is 128 Å². The molecule has 0 aliphatic carbocycles. The highest BCUT2D eigenvalue weighted by molar-refractivity contribution is 9.10. The molecule has 0 aromatic heterocycles. The second-order valence-corrected chi connectivity index (χ2v) is 6.26. The number of halogens is 1. The molecule has 0 bridgehead atoms. The Kier molecular flexibility index (Phi) is 5.02. The number of carbonyl (C=O) groups is 2. The highest BCUT2D eigenvalue weighted by Crippen LogP contribution is 2.24. The van der Waals surface area contributed by atoms with Crippen LogP contribution in [0, 0.1) is 0 Å². The molecule has 1 aromatic carbocycles. The zero-order valence-electron chi connectivity index (χ0n) is 10.2. The molecule has 8 heteroatoms. The van der Waals surface area contributed by atoms with Crippen LogP contribution in [0.2, 0.25) is 0 Å². The van der Waals surface area contributed by atoms with Crippen molar-refractivity contribution in [3.05, 3.63) is 34.3 Å². The van der Waals surface area contributed by atoms with Gasteiger partial charge in [0.05, 0.1) is 11.5 Å². The molecule has 2 unspecified atom stereocenters. The van der Waals surface area contributed by atoms with E-state index in [1.807, 2.05) is 24.3 Å². The maximum atomic E-state index is 11.5. The quantitative estimate of drug-likeness (QED) is 0.573. The smallest absolute Gasteiger partial charge is 0.235 e. The lowest BCUT2D eigenvalue weighted by Crippen LogP contribution is -2.36. The lowest BCUT2D eigenvalue weighted by Gasteiger charge is -2.08. The van der Waals surface area contributed by atoms with Crippen LogP contribution in [0.1, 0.15) is 12.0 Å². The number of carboxylic acids is 1. The summed E-state index contributed by atoms with van der Waals surface area (Å²) in [4.78, 5) is 21.9. The third-order valence-electron chi connectivity index (χ3n) is 2.49. The number of nitrogens with one attached hydrogen (secondary N) is 2. The minimum atomic E-state index is -1.24. The first-order valence-electron chi connectivity index (χ1n) is 5.74. The molecule has 0 radical (unpaired) electrons. The Hall–Kier alpha value is -1.54. The third-order valence-corrected chi connectivity index (χ3v) is 4.23. The van der Waals surface area contributed by atoms with Gasteiger partial charge < -0.3 is 15.2 Å². The number of hydrogen-bond donors (Lipinski definition) is 2. The molecular formula is C12H11BrN3O3S-. The molecule has 106 valence electrons. The van der Waals surface area contributed by atoms with Gasteiger partial charge in [-0.1, -0.05) is 28.1 Å². The summed E-state index contributed by atoms with van der Waals surface area (Å²) >= 11 is 4.51. The average molecular weight is 357 g/mol. The number of rotatable bonds is 5. The van der Waals surface area contributed by atoms with Gasteiger partial charge in [-0.2, -0.15) is 5.10 Å². The van der Waals surface area contributed by atoms with Crippen molar-refractivity contribution in [2.45, 2.75) is 17.2 Å². The van der Waals surface area contributed by atoms with E-state index >= 15 is 0 Å². The van der Waals surface area contributed by atoms with Crippen LogP contribution >= 0.6 is 27.7 Å². The molecule has 1 amide bonds. The number of aliphatic carboxylic acids is 1. The van der Waals surface area contributed by atoms with Crippen molar-refractivity contribution < 1.29 is 14.7 Å². The summed E-state index contributed by atoms with van der Waals surface area (Å²) < 4.78 is 0.978. The van der Waals surface area contributed by atoms with E-state index in [9.17, 15) is 14.7 Å². The lowest BCUT2D eigenvalue weighted by atomic mass is 10.2. The first kappa shape index (κ1) is 14.9. The Bertz CT molecular complexity index is 535. The summed E-state index contributed by atoms with van der Waals surface area (Å²) in [5, 5.41) is 16.5. The van der Waals surface area contributed by atoms with Crippen molar-refractivity contribution in [3.63, 3.8) is 0 Å². The normalized spacial score (nSPS) is 21.9. The number of hydrogen-bond acceptors (Lipinski definition) is 6. The molecule has 1 saturated heterocycles. The predicted molar refractivity (Wildman–Crippen MR) is 77.8 cm³/mol. The maximum absolute atomic E-state index is 11.5. The van der Waals surface area contributed by atoms with Gasteiger partial charge >= 0.3 is 0 Å². The van der Waals surface area contributed by atoms with E-state index in [2.05, 4.69) is 31.8 Å². The first-order valence-corrected chi connectivity index (χ1v) is 7.48. The molecule has 0 saturated carbocycles. The number of benzene rings is 1. The van der Waals surface area contributed by atoms with E-state index < -0.39 is 16.7 Å². The highest BCUT2D eigenvalue weighted by atomic mass is 79.9. The summed E-state index contributed by atoms with van der Waals surface area (Å²) in [6.45, 7) is 0. The summed E-state index contributed by atoms with van der Waals surface area (Å²) in [6.07, 6.45) is 1.32. The van der Waals surface area contributed by atoms with Crippen LogP contribution in [0.25, 0.3) is 0 Å². The summed E-state index contributed by atoms with van der Waals surface area (Å²) in [5.41, 5.74) is 3.23. The van der Waals surface area contributed by atoms with Gasteiger partial charge in [0.1, 0.15) is 0 Å². The van der Waals surface area contributed by atoms with Crippen LogP contribution in [0.4, 0.5) is 0 Å². The van der Waals surface area contributed by atoms with Crippen LogP contribution in [0.15, 0.2) is 33.8 Å². The van der Waals surface area contributed by atoms with E-state index in [0.717, 1.165) is 10.0 Å². The Morgan fingerprint density at radius 1 is 1.50 bits per heavy atom. The molecule has 1 aliphatic rings. The zero-order chi connectivity index (χ0) is 14.5. The number of nitrogens with zero attached hydrogens (tertiary/aromatic N) is 1. The Morgan fingerprint density at radius 3 is 2.85 bits per heavy atom. The molecule has 1 aromatic rings. The fraction of sp³-hybridized carbons (Fsp3) is 0.250. The SMILES string of the molecule is O=C([O-])CC1SC(NN=Cc2ccc(Br)cc2)NC1=O. The Balaban J connectivity index is 1.84. The number of carboxylic acid groups (broad SMARTS) is 1. The lowest BCUT2D eigenvalue weighted by molar-refractivity contribution is -0.305. The van der Waals surface area contributed by atoms with E-state index in [1.54, 1.807) is 6.21 Å². The van der Waals surface area contributed by atoms with E-state index in [1.165, 1.54) is 11.8 Å². The fourth-order valence-electron chi connectivity index (χ4n) is 1.57. The second kappa shape index (κ2) is 6.76. The molecule has 1 heterocycles. The van der Waals surface area contributed by atoms with Gasteiger partial charge in [0.2, 0.25) is 5.91 Å². The largest absolute Gasteiger partial charge is 0.550 e. The van der Waals surface area contributed by atoms with E-state index in [-0.39, 0.29) is 12.3 Å². The van der Waals surface area contributed by atoms with Crippen LogP contribution in [0.5, 0.6) is 0 Å². The van der Waals surface area contributed by atoms with E-state index in [4.69, 9.17) is 0 Å². The average Bonchev–Trinajstić information content (AvgIpc) is 2.72. The number of thioether (sulfide) groups is 1. The van der Waals surface area contributed by atoms with Crippen molar-refractivity contribution in [1.82, 2.24) is 10.7 Å². The van der Waals surface area contributed by atoms with Crippen molar-refractivity contribution in [1.29, 1.82) is 0 Å². The van der Waals surface area contributed by atoms with E-state index in [0.29, 0.717) is 0 Å². The van der Waals surface area contributed by atoms with Gasteiger partial charge in [0.15, 0.2) is 5.50 Å². The summed E-state index contributed by atoms with van der Waals surface area (Å²) in [5.74, 6) is -1.56. The van der Waals surface area contributed by atoms with Crippen LogP contribution in [-0.4, -0.2) is 28.8 Å². The van der Waals surface area contributed by atoms with Gasteiger partial charge in [0, 0.05) is 16.9 Å². The van der Waals surface area contributed by atoms with Crippen LogP contribution < -0.4 is 15.8 Å². The van der Waals surface area contributed by atoms with Crippen molar-refractivity contribution >= 4 is 45.8 Å².